The lowest BCUT2D eigenvalue weighted by atomic mass is 10.0. The van der Waals surface area contributed by atoms with E-state index in [4.69, 9.17) is 4.74 Å². The molecule has 0 saturated carbocycles. The number of likely N-dealkylation sites (N-methyl/N-ethyl adjacent to an activating group) is 2. The molecule has 4 amide bonds. The Morgan fingerprint density at radius 2 is 1.37 bits per heavy atom. The van der Waals surface area contributed by atoms with Crippen molar-refractivity contribution in [2.24, 2.45) is 0 Å². The van der Waals surface area contributed by atoms with Crippen molar-refractivity contribution in [3.63, 3.8) is 0 Å². The SMILES string of the molecule is C.CCc1ccc(-c2ccc(C(=O)N[C@H](CN(O)C(=O)NCCN(C)C)[C@@H](C)OC(=O)NCCN(C)C)cc2)cc1. The molecule has 0 spiro atoms. The normalized spacial score (nSPS) is 12.2. The summed E-state index contributed by atoms with van der Waals surface area (Å²) in [5, 5.41) is 19.0. The highest BCUT2D eigenvalue weighted by molar-refractivity contribution is 5.95. The van der Waals surface area contributed by atoms with E-state index in [-0.39, 0.29) is 14.0 Å². The van der Waals surface area contributed by atoms with Crippen LogP contribution in [0.3, 0.4) is 0 Å². The Morgan fingerprint density at radius 3 is 1.88 bits per heavy atom. The van der Waals surface area contributed by atoms with Gasteiger partial charge in [0.1, 0.15) is 6.10 Å². The largest absolute Gasteiger partial charge is 0.444 e. The summed E-state index contributed by atoms with van der Waals surface area (Å²) in [5.41, 5.74) is 3.65. The lowest BCUT2D eigenvalue weighted by Crippen LogP contribution is -2.53. The maximum absolute atomic E-state index is 13.1. The highest BCUT2D eigenvalue weighted by atomic mass is 16.6. The summed E-state index contributed by atoms with van der Waals surface area (Å²) in [6, 6.07) is 13.8. The first-order chi connectivity index (χ1) is 19.0. The molecule has 0 radical (unpaired) electrons. The molecule has 0 aliphatic rings. The van der Waals surface area contributed by atoms with Crippen LogP contribution in [0.5, 0.6) is 0 Å². The van der Waals surface area contributed by atoms with Crippen LogP contribution in [0.15, 0.2) is 48.5 Å². The van der Waals surface area contributed by atoms with E-state index in [9.17, 15) is 19.6 Å². The third-order valence-corrected chi connectivity index (χ3v) is 6.29. The highest BCUT2D eigenvalue weighted by Gasteiger charge is 2.27. The first-order valence-electron chi connectivity index (χ1n) is 13.5. The molecule has 0 fully saturated rings. The molecule has 41 heavy (non-hydrogen) atoms. The van der Waals surface area contributed by atoms with Gasteiger partial charge in [-0.15, -0.1) is 0 Å². The fourth-order valence-corrected chi connectivity index (χ4v) is 3.73. The van der Waals surface area contributed by atoms with Gasteiger partial charge in [0.2, 0.25) is 0 Å². The number of nitrogens with zero attached hydrogens (tertiary/aromatic N) is 3. The summed E-state index contributed by atoms with van der Waals surface area (Å²) < 4.78 is 5.46. The first-order valence-corrected chi connectivity index (χ1v) is 13.5. The molecule has 2 rings (SSSR count). The van der Waals surface area contributed by atoms with Crippen LogP contribution in [0.2, 0.25) is 0 Å². The van der Waals surface area contributed by atoms with Crippen molar-refractivity contribution in [1.82, 2.24) is 30.8 Å². The van der Waals surface area contributed by atoms with Crippen LogP contribution < -0.4 is 16.0 Å². The lowest BCUT2D eigenvalue weighted by molar-refractivity contribution is -0.0588. The van der Waals surface area contributed by atoms with Crippen molar-refractivity contribution < 1.29 is 24.3 Å². The number of hydrogen-bond acceptors (Lipinski definition) is 7. The first kappa shape index (κ1) is 35.4. The van der Waals surface area contributed by atoms with Gasteiger partial charge in [-0.2, -0.15) is 0 Å². The predicted octanol–water partition coefficient (Wildman–Crippen LogP) is 3.29. The molecule has 0 heterocycles. The lowest BCUT2D eigenvalue weighted by Gasteiger charge is -2.28. The molecule has 228 valence electrons. The van der Waals surface area contributed by atoms with Crippen LogP contribution in [-0.4, -0.2) is 111 Å². The Balaban J connectivity index is 0.00000840. The number of aryl methyl sites for hydroxylation is 1. The van der Waals surface area contributed by atoms with Gasteiger partial charge >= 0.3 is 12.1 Å². The van der Waals surface area contributed by atoms with Gasteiger partial charge in [0.05, 0.1) is 12.6 Å². The average Bonchev–Trinajstić information content (AvgIpc) is 2.92. The number of alkyl carbamates (subject to hydrolysis) is 1. The fourth-order valence-electron chi connectivity index (χ4n) is 3.73. The summed E-state index contributed by atoms with van der Waals surface area (Å²) in [4.78, 5) is 41.6. The third-order valence-electron chi connectivity index (χ3n) is 6.29. The molecule has 0 bridgehead atoms. The number of benzene rings is 2. The van der Waals surface area contributed by atoms with Gasteiger partial charge < -0.3 is 30.5 Å². The minimum atomic E-state index is -0.891. The van der Waals surface area contributed by atoms with Gasteiger partial charge in [0.15, 0.2) is 0 Å². The van der Waals surface area contributed by atoms with E-state index >= 15 is 0 Å². The summed E-state index contributed by atoms with van der Waals surface area (Å²) in [5.74, 6) is -0.428. The Morgan fingerprint density at radius 1 is 0.854 bits per heavy atom. The van der Waals surface area contributed by atoms with Crippen molar-refractivity contribution in [2.75, 3.05) is 60.9 Å². The Labute approximate surface area is 244 Å². The van der Waals surface area contributed by atoms with E-state index in [0.717, 1.165) is 17.5 Å². The van der Waals surface area contributed by atoms with Crippen molar-refractivity contribution >= 4 is 18.0 Å². The van der Waals surface area contributed by atoms with E-state index < -0.39 is 30.2 Å². The number of hydroxylamine groups is 2. The summed E-state index contributed by atoms with van der Waals surface area (Å²) >= 11 is 0. The van der Waals surface area contributed by atoms with Crippen molar-refractivity contribution in [3.8, 4) is 11.1 Å². The zero-order valence-electron chi connectivity index (χ0n) is 24.4. The quantitative estimate of drug-likeness (QED) is 0.202. The highest BCUT2D eigenvalue weighted by Crippen LogP contribution is 2.21. The van der Waals surface area contributed by atoms with Crippen LogP contribution >= 0.6 is 0 Å². The topological polar surface area (TPSA) is 126 Å². The van der Waals surface area contributed by atoms with Gasteiger partial charge in [0, 0.05) is 31.7 Å². The van der Waals surface area contributed by atoms with Crippen LogP contribution in [0, 0.1) is 0 Å². The predicted molar refractivity (Wildman–Crippen MR) is 162 cm³/mol. The second kappa shape index (κ2) is 17.9. The molecule has 0 saturated heterocycles. The molecule has 0 aromatic heterocycles. The summed E-state index contributed by atoms with van der Waals surface area (Å²) in [6.45, 7) is 5.32. The minimum absolute atomic E-state index is 0. The standard InChI is InChI=1S/C29H44N6O5.CH4/c1-7-22-8-10-23(11-9-22)24-12-14-25(15-13-24)27(36)32-26(20-35(39)28(37)30-16-18-33(3)4)21(2)40-29(38)31-17-19-34(5)6;/h8-15,21,26,39H,7,16-20H2,1-6H3,(H,30,37)(H,31,38)(H,32,36);1H4/t21-,26-;/m1./s1. The fraction of sp³-hybridized carbons (Fsp3) is 0.500. The zero-order chi connectivity index (χ0) is 29.7. The van der Waals surface area contributed by atoms with E-state index in [1.165, 1.54) is 5.56 Å². The molecule has 4 N–H and O–H groups in total. The second-order valence-corrected chi connectivity index (χ2v) is 10.2. The number of nitrogens with one attached hydrogen (secondary N) is 3. The maximum Gasteiger partial charge on any atom is 0.407 e. The molecule has 11 nitrogen and oxygen atoms in total. The second-order valence-electron chi connectivity index (χ2n) is 10.2. The molecule has 2 atom stereocenters. The molecule has 2 aromatic rings. The molecule has 11 heteroatoms. The summed E-state index contributed by atoms with van der Waals surface area (Å²) in [6.07, 6.45) is -0.556. The number of rotatable bonds is 14. The van der Waals surface area contributed by atoms with Gasteiger partial charge in [0.25, 0.3) is 5.91 Å². The van der Waals surface area contributed by atoms with E-state index in [0.29, 0.717) is 36.8 Å². The van der Waals surface area contributed by atoms with Crippen LogP contribution in [-0.2, 0) is 11.2 Å². The molecule has 2 aromatic carbocycles. The molecule has 0 aliphatic carbocycles. The minimum Gasteiger partial charge on any atom is -0.444 e. The van der Waals surface area contributed by atoms with Crippen LogP contribution in [0.25, 0.3) is 11.1 Å². The molecular weight excluding hydrogens is 524 g/mol. The Bertz CT molecular complexity index is 1080. The Hall–Kier alpha value is -3.67. The van der Waals surface area contributed by atoms with Gasteiger partial charge in [-0.1, -0.05) is 50.7 Å². The van der Waals surface area contributed by atoms with Crippen molar-refractivity contribution in [3.05, 3.63) is 59.7 Å². The third kappa shape index (κ3) is 12.6. The monoisotopic (exact) mass is 572 g/mol. The van der Waals surface area contributed by atoms with E-state index in [1.807, 2.05) is 62.3 Å². The zero-order valence-corrected chi connectivity index (χ0v) is 24.4. The van der Waals surface area contributed by atoms with E-state index in [2.05, 4.69) is 35.0 Å². The average molecular weight is 573 g/mol. The molecule has 0 aliphatic heterocycles. The van der Waals surface area contributed by atoms with Gasteiger partial charge in [-0.3, -0.25) is 10.0 Å². The summed E-state index contributed by atoms with van der Waals surface area (Å²) in [7, 11) is 7.50. The number of urea groups is 1. The van der Waals surface area contributed by atoms with Crippen LogP contribution in [0.1, 0.15) is 37.2 Å². The number of carbonyl (C=O) groups is 3. The number of amides is 4. The van der Waals surface area contributed by atoms with Gasteiger partial charge in [-0.05, 0) is 70.4 Å². The molecular formula is C30H48N6O5. The Kier molecular flexibility index (Phi) is 15.4. The molecule has 0 unspecified atom stereocenters. The number of carbonyl (C=O) groups excluding carboxylic acids is 3. The maximum atomic E-state index is 13.1. The van der Waals surface area contributed by atoms with Crippen LogP contribution in [0.4, 0.5) is 9.59 Å². The van der Waals surface area contributed by atoms with Crippen molar-refractivity contribution in [1.29, 1.82) is 0 Å². The number of hydrogen-bond donors (Lipinski definition) is 4. The smallest absolute Gasteiger partial charge is 0.407 e. The number of ether oxygens (including phenoxy) is 1. The van der Waals surface area contributed by atoms with Gasteiger partial charge in [-0.25, -0.2) is 14.7 Å². The van der Waals surface area contributed by atoms with E-state index in [1.54, 1.807) is 19.1 Å². The van der Waals surface area contributed by atoms with Crippen molar-refractivity contribution in [2.45, 2.75) is 39.8 Å².